The van der Waals surface area contributed by atoms with Gasteiger partial charge in [-0.2, -0.15) is 0 Å². The Morgan fingerprint density at radius 1 is 1.41 bits per heavy atom. The number of aliphatic hydroxyl groups is 1. The van der Waals surface area contributed by atoms with Gasteiger partial charge in [-0.25, -0.2) is 0 Å². The first-order valence-corrected chi connectivity index (χ1v) is 9.50. The van der Waals surface area contributed by atoms with Crippen molar-refractivity contribution in [2.24, 2.45) is 17.8 Å². The average Bonchev–Trinajstić information content (AvgIpc) is 2.80. The van der Waals surface area contributed by atoms with Crippen molar-refractivity contribution in [2.75, 3.05) is 0 Å². The monoisotopic (exact) mass is 362 g/mol. The van der Waals surface area contributed by atoms with Crippen LogP contribution in [0.1, 0.15) is 49.3 Å². The Hall–Kier alpha value is -0.540. The Balaban J connectivity index is 1.83. The molecule has 2 fully saturated rings. The fourth-order valence-corrected chi connectivity index (χ4v) is 6.97. The number of aliphatic hydroxyl groups excluding tert-OH is 1. The van der Waals surface area contributed by atoms with E-state index in [1.165, 1.54) is 46.8 Å². The van der Waals surface area contributed by atoms with Crippen LogP contribution >= 0.6 is 15.9 Å². The summed E-state index contributed by atoms with van der Waals surface area (Å²) in [5.41, 5.74) is 4.26. The number of halogens is 1. The standard InChI is InChI=1S/C19H23BrO2/c1-9-6-13-11-4-3-5-19(13)15-12(8-11)14(20)7-10(2)17(15)22-18(19)16(9)21/h7,9,11,13,16,18,21H,3-6,8H2,1-2H3/t9-,11-,13+,16?,18+,19+/m1/s1. The molecule has 3 heteroatoms. The fraction of sp³-hybridized carbons (Fsp3) is 0.684. The third-order valence-electron chi connectivity index (χ3n) is 7.12. The molecule has 0 amide bonds. The Bertz CT molecular complexity index is 670. The molecule has 5 rings (SSSR count). The second kappa shape index (κ2) is 4.30. The van der Waals surface area contributed by atoms with Crippen LogP contribution in [-0.4, -0.2) is 17.3 Å². The van der Waals surface area contributed by atoms with Gasteiger partial charge in [0.1, 0.15) is 11.9 Å². The number of aryl methyl sites for hydroxylation is 1. The van der Waals surface area contributed by atoms with Crippen LogP contribution in [0.25, 0.3) is 0 Å². The normalized spacial score (nSPS) is 44.5. The summed E-state index contributed by atoms with van der Waals surface area (Å²) in [6, 6.07) is 2.22. The van der Waals surface area contributed by atoms with Crippen LogP contribution in [0.3, 0.4) is 0 Å². The minimum Gasteiger partial charge on any atom is -0.486 e. The molecule has 1 unspecified atom stereocenters. The van der Waals surface area contributed by atoms with E-state index in [0.717, 1.165) is 18.1 Å². The van der Waals surface area contributed by atoms with Crippen LogP contribution in [0.15, 0.2) is 10.5 Å². The van der Waals surface area contributed by atoms with Crippen LogP contribution in [0.5, 0.6) is 5.75 Å². The van der Waals surface area contributed by atoms with Crippen LogP contribution < -0.4 is 4.74 Å². The molecule has 1 aromatic rings. The van der Waals surface area contributed by atoms with Gasteiger partial charge in [0.15, 0.2) is 0 Å². The van der Waals surface area contributed by atoms with Crippen molar-refractivity contribution in [3.05, 3.63) is 27.2 Å². The van der Waals surface area contributed by atoms with Gasteiger partial charge in [0.2, 0.25) is 0 Å². The molecular formula is C19H23BrO2. The highest BCUT2D eigenvalue weighted by molar-refractivity contribution is 9.10. The molecule has 2 nitrogen and oxygen atoms in total. The van der Waals surface area contributed by atoms with Crippen molar-refractivity contribution >= 4 is 15.9 Å². The van der Waals surface area contributed by atoms with E-state index < -0.39 is 0 Å². The molecule has 22 heavy (non-hydrogen) atoms. The number of hydrogen-bond acceptors (Lipinski definition) is 2. The quantitative estimate of drug-likeness (QED) is 0.751. The SMILES string of the molecule is Cc1cc(Br)c2c3c1O[C@H]1C(O)[C@H](C)C[C@H]4[C@H](CCC[C@]314)C2. The summed E-state index contributed by atoms with van der Waals surface area (Å²) in [6.07, 6.45) is 5.82. The largest absolute Gasteiger partial charge is 0.486 e. The molecule has 0 radical (unpaired) electrons. The van der Waals surface area contributed by atoms with E-state index in [4.69, 9.17) is 4.74 Å². The zero-order valence-electron chi connectivity index (χ0n) is 13.2. The summed E-state index contributed by atoms with van der Waals surface area (Å²) in [4.78, 5) is 0. The lowest BCUT2D eigenvalue weighted by Gasteiger charge is -2.57. The first-order valence-electron chi connectivity index (χ1n) is 8.71. The maximum atomic E-state index is 10.9. The predicted octanol–water partition coefficient (Wildman–Crippen LogP) is 4.13. The van der Waals surface area contributed by atoms with Gasteiger partial charge in [-0.05, 0) is 67.6 Å². The Kier molecular flexibility index (Phi) is 2.71. The molecule has 2 bridgehead atoms. The second-order valence-corrected chi connectivity index (χ2v) is 8.96. The van der Waals surface area contributed by atoms with Crippen molar-refractivity contribution in [3.63, 3.8) is 0 Å². The van der Waals surface area contributed by atoms with Crippen LogP contribution in [0, 0.1) is 24.7 Å². The molecular weight excluding hydrogens is 340 g/mol. The molecule has 1 aliphatic heterocycles. The van der Waals surface area contributed by atoms with E-state index >= 15 is 0 Å². The maximum absolute atomic E-state index is 10.9. The van der Waals surface area contributed by atoms with Gasteiger partial charge < -0.3 is 9.84 Å². The van der Waals surface area contributed by atoms with Crippen molar-refractivity contribution in [1.29, 1.82) is 0 Å². The molecule has 1 aromatic carbocycles. The lowest BCUT2D eigenvalue weighted by atomic mass is 9.47. The number of ether oxygens (including phenoxy) is 1. The van der Waals surface area contributed by atoms with Gasteiger partial charge in [0.25, 0.3) is 0 Å². The molecule has 2 saturated carbocycles. The Morgan fingerprint density at radius 2 is 2.23 bits per heavy atom. The predicted molar refractivity (Wildman–Crippen MR) is 89.3 cm³/mol. The van der Waals surface area contributed by atoms with Gasteiger partial charge in [0, 0.05) is 15.5 Å². The molecule has 6 atom stereocenters. The van der Waals surface area contributed by atoms with E-state index in [1.54, 1.807) is 0 Å². The summed E-state index contributed by atoms with van der Waals surface area (Å²) >= 11 is 3.82. The Morgan fingerprint density at radius 3 is 3.05 bits per heavy atom. The molecule has 4 aliphatic rings. The van der Waals surface area contributed by atoms with Crippen molar-refractivity contribution < 1.29 is 9.84 Å². The highest BCUT2D eigenvalue weighted by Gasteiger charge is 2.65. The summed E-state index contributed by atoms with van der Waals surface area (Å²) in [6.45, 7) is 4.35. The highest BCUT2D eigenvalue weighted by Crippen LogP contribution is 2.66. The second-order valence-electron chi connectivity index (χ2n) is 8.10. The lowest BCUT2D eigenvalue weighted by molar-refractivity contribution is -0.111. The topological polar surface area (TPSA) is 29.5 Å². The molecule has 1 spiro atoms. The van der Waals surface area contributed by atoms with Crippen molar-refractivity contribution in [1.82, 2.24) is 0 Å². The summed E-state index contributed by atoms with van der Waals surface area (Å²) in [5, 5.41) is 10.9. The summed E-state index contributed by atoms with van der Waals surface area (Å²) in [7, 11) is 0. The highest BCUT2D eigenvalue weighted by atomic mass is 79.9. The van der Waals surface area contributed by atoms with Gasteiger partial charge >= 0.3 is 0 Å². The van der Waals surface area contributed by atoms with E-state index in [0.29, 0.717) is 11.8 Å². The zero-order valence-corrected chi connectivity index (χ0v) is 14.8. The molecule has 1 N–H and O–H groups in total. The van der Waals surface area contributed by atoms with Crippen LogP contribution in [0.2, 0.25) is 0 Å². The van der Waals surface area contributed by atoms with E-state index in [1.807, 2.05) is 0 Å². The van der Waals surface area contributed by atoms with Crippen molar-refractivity contribution in [2.45, 2.75) is 63.6 Å². The molecule has 0 saturated heterocycles. The first kappa shape index (κ1) is 13.9. The number of rotatable bonds is 0. The zero-order chi connectivity index (χ0) is 15.2. The van der Waals surface area contributed by atoms with E-state index in [2.05, 4.69) is 35.8 Å². The average molecular weight is 363 g/mol. The van der Waals surface area contributed by atoms with E-state index in [9.17, 15) is 5.11 Å². The summed E-state index contributed by atoms with van der Waals surface area (Å²) in [5.74, 6) is 2.92. The Labute approximate surface area is 140 Å². The minimum atomic E-state index is -0.327. The molecule has 3 aliphatic carbocycles. The summed E-state index contributed by atoms with van der Waals surface area (Å²) < 4.78 is 7.73. The van der Waals surface area contributed by atoms with Crippen molar-refractivity contribution in [3.8, 4) is 5.75 Å². The lowest BCUT2D eigenvalue weighted by Crippen LogP contribution is -2.62. The van der Waals surface area contributed by atoms with Gasteiger partial charge in [-0.3, -0.25) is 0 Å². The molecule has 0 aromatic heterocycles. The number of benzene rings is 1. The molecule has 118 valence electrons. The third kappa shape index (κ3) is 1.41. The molecule has 1 heterocycles. The van der Waals surface area contributed by atoms with Gasteiger partial charge in [0.05, 0.1) is 6.10 Å². The van der Waals surface area contributed by atoms with Gasteiger partial charge in [-0.15, -0.1) is 0 Å². The van der Waals surface area contributed by atoms with E-state index in [-0.39, 0.29) is 17.6 Å². The minimum absolute atomic E-state index is 0.0221. The van der Waals surface area contributed by atoms with Crippen LogP contribution in [0.4, 0.5) is 0 Å². The maximum Gasteiger partial charge on any atom is 0.135 e. The van der Waals surface area contributed by atoms with Gasteiger partial charge in [-0.1, -0.05) is 29.3 Å². The fourth-order valence-electron chi connectivity index (χ4n) is 6.26. The third-order valence-corrected chi connectivity index (χ3v) is 7.83. The smallest absolute Gasteiger partial charge is 0.135 e. The first-order chi connectivity index (χ1) is 10.5. The number of hydrogen-bond donors (Lipinski definition) is 1. The van der Waals surface area contributed by atoms with Crippen LogP contribution in [-0.2, 0) is 11.8 Å².